The van der Waals surface area contributed by atoms with Crippen LogP contribution >= 0.6 is 0 Å². The minimum absolute atomic E-state index is 0.00595. The molecule has 0 atom stereocenters. The molecule has 2 aliphatic rings. The van der Waals surface area contributed by atoms with E-state index < -0.39 is 0 Å². The molecule has 1 heterocycles. The fraction of sp³-hybridized carbons (Fsp3) is 0.458. The highest BCUT2D eigenvalue weighted by molar-refractivity contribution is 6.08. The molecule has 0 unspecified atom stereocenters. The SMILES string of the molecule is CN(C)C(=O)CN1CCCN(C(=O)c2cc3ccccc3cc2NC(=O)C2CC2)CC1. The van der Waals surface area contributed by atoms with Crippen LogP contribution in [0.25, 0.3) is 10.8 Å². The summed E-state index contributed by atoms with van der Waals surface area (Å²) in [6.07, 6.45) is 2.64. The summed E-state index contributed by atoms with van der Waals surface area (Å²) in [5, 5.41) is 4.97. The lowest BCUT2D eigenvalue weighted by Gasteiger charge is -2.24. The van der Waals surface area contributed by atoms with Crippen molar-refractivity contribution < 1.29 is 14.4 Å². The van der Waals surface area contributed by atoms with Gasteiger partial charge in [0, 0.05) is 46.2 Å². The third-order valence-electron chi connectivity index (χ3n) is 6.06. The Hall–Kier alpha value is -2.93. The molecule has 0 bridgehead atoms. The van der Waals surface area contributed by atoms with Gasteiger partial charge in [-0.1, -0.05) is 24.3 Å². The van der Waals surface area contributed by atoms with Crippen LogP contribution in [0.3, 0.4) is 0 Å². The molecule has 3 amide bonds. The third kappa shape index (κ3) is 5.05. The van der Waals surface area contributed by atoms with Crippen molar-refractivity contribution in [2.45, 2.75) is 19.3 Å². The van der Waals surface area contributed by atoms with Gasteiger partial charge in [-0.05, 0) is 42.2 Å². The standard InChI is InChI=1S/C24H30N4O3/c1-26(2)22(29)16-27-10-5-11-28(13-12-27)24(31)20-14-18-6-3-4-7-19(18)15-21(20)25-23(30)17-8-9-17/h3-4,6-7,14-15,17H,5,8-13,16H2,1-2H3,(H,25,30). The van der Waals surface area contributed by atoms with Crippen LogP contribution in [-0.4, -0.2) is 79.2 Å². The highest BCUT2D eigenvalue weighted by Gasteiger charge is 2.31. The summed E-state index contributed by atoms with van der Waals surface area (Å²) in [5.74, 6) is 0.0565. The Morgan fingerprint density at radius 1 is 1.00 bits per heavy atom. The molecule has 31 heavy (non-hydrogen) atoms. The number of fused-ring (bicyclic) bond motifs is 1. The molecule has 2 aromatic rings. The van der Waals surface area contributed by atoms with Gasteiger partial charge >= 0.3 is 0 Å². The quantitative estimate of drug-likeness (QED) is 0.803. The lowest BCUT2D eigenvalue weighted by molar-refractivity contribution is -0.129. The summed E-state index contributed by atoms with van der Waals surface area (Å²) in [7, 11) is 3.51. The molecule has 1 saturated carbocycles. The number of hydrogen-bond donors (Lipinski definition) is 1. The van der Waals surface area contributed by atoms with Crippen LogP contribution < -0.4 is 5.32 Å². The molecule has 1 saturated heterocycles. The molecule has 2 aromatic carbocycles. The summed E-state index contributed by atoms with van der Waals surface area (Å²) in [4.78, 5) is 43.5. The number of carbonyl (C=O) groups is 3. The average molecular weight is 423 g/mol. The van der Waals surface area contributed by atoms with E-state index >= 15 is 0 Å². The molecule has 2 fully saturated rings. The van der Waals surface area contributed by atoms with Gasteiger partial charge in [-0.2, -0.15) is 0 Å². The van der Waals surface area contributed by atoms with E-state index in [1.807, 2.05) is 41.3 Å². The Balaban J connectivity index is 1.54. The predicted octanol–water partition coefficient (Wildman–Crippen LogP) is 2.42. The van der Waals surface area contributed by atoms with E-state index in [1.165, 1.54) is 0 Å². The maximum Gasteiger partial charge on any atom is 0.256 e. The van der Waals surface area contributed by atoms with Crippen molar-refractivity contribution in [1.29, 1.82) is 0 Å². The van der Waals surface area contributed by atoms with Gasteiger partial charge in [0.15, 0.2) is 0 Å². The summed E-state index contributed by atoms with van der Waals surface area (Å²) in [5.41, 5.74) is 1.12. The molecule has 4 rings (SSSR count). The Morgan fingerprint density at radius 3 is 2.39 bits per heavy atom. The minimum Gasteiger partial charge on any atom is -0.348 e. The van der Waals surface area contributed by atoms with Crippen LogP contribution in [-0.2, 0) is 9.59 Å². The lowest BCUT2D eigenvalue weighted by Crippen LogP contribution is -2.39. The van der Waals surface area contributed by atoms with E-state index in [9.17, 15) is 14.4 Å². The predicted molar refractivity (Wildman–Crippen MR) is 121 cm³/mol. The third-order valence-corrected chi connectivity index (χ3v) is 6.06. The zero-order valence-corrected chi connectivity index (χ0v) is 18.3. The second-order valence-corrected chi connectivity index (χ2v) is 8.72. The molecule has 0 spiro atoms. The summed E-state index contributed by atoms with van der Waals surface area (Å²) in [6, 6.07) is 11.7. The number of amides is 3. The van der Waals surface area contributed by atoms with Crippen LogP contribution in [0, 0.1) is 5.92 Å². The van der Waals surface area contributed by atoms with Gasteiger partial charge in [-0.15, -0.1) is 0 Å². The second kappa shape index (κ2) is 9.06. The van der Waals surface area contributed by atoms with Crippen molar-refractivity contribution in [3.63, 3.8) is 0 Å². The Labute approximate surface area is 183 Å². The van der Waals surface area contributed by atoms with Crippen LogP contribution in [0.1, 0.15) is 29.6 Å². The average Bonchev–Trinajstić information content (AvgIpc) is 3.60. The Bertz CT molecular complexity index is 999. The minimum atomic E-state index is -0.0716. The molecule has 1 aliphatic heterocycles. The summed E-state index contributed by atoms with van der Waals surface area (Å²) >= 11 is 0. The number of anilines is 1. The normalized spacial score (nSPS) is 17.3. The van der Waals surface area contributed by atoms with Crippen molar-refractivity contribution in [3.8, 4) is 0 Å². The van der Waals surface area contributed by atoms with Crippen molar-refractivity contribution in [3.05, 3.63) is 42.0 Å². The molecular formula is C24H30N4O3. The van der Waals surface area contributed by atoms with E-state index in [0.29, 0.717) is 37.4 Å². The second-order valence-electron chi connectivity index (χ2n) is 8.72. The number of nitrogens with one attached hydrogen (secondary N) is 1. The number of hydrogen-bond acceptors (Lipinski definition) is 4. The van der Waals surface area contributed by atoms with E-state index in [1.54, 1.807) is 19.0 Å². The number of benzene rings is 2. The first kappa shape index (κ1) is 21.3. The molecular weight excluding hydrogens is 392 g/mol. The van der Waals surface area contributed by atoms with Crippen LogP contribution in [0.5, 0.6) is 0 Å². The highest BCUT2D eigenvalue weighted by Crippen LogP contribution is 2.32. The number of carbonyl (C=O) groups excluding carboxylic acids is 3. The van der Waals surface area contributed by atoms with E-state index in [-0.39, 0.29) is 23.6 Å². The van der Waals surface area contributed by atoms with Crippen molar-refractivity contribution in [2.75, 3.05) is 52.1 Å². The van der Waals surface area contributed by atoms with Crippen molar-refractivity contribution >= 4 is 34.2 Å². The Kier molecular flexibility index (Phi) is 6.23. The first-order valence-electron chi connectivity index (χ1n) is 11.0. The molecule has 164 valence electrons. The van der Waals surface area contributed by atoms with Crippen molar-refractivity contribution in [2.24, 2.45) is 5.92 Å². The molecule has 1 N–H and O–H groups in total. The summed E-state index contributed by atoms with van der Waals surface area (Å²) < 4.78 is 0. The van der Waals surface area contributed by atoms with Crippen molar-refractivity contribution in [1.82, 2.24) is 14.7 Å². The van der Waals surface area contributed by atoms with Gasteiger partial charge in [-0.25, -0.2) is 0 Å². The van der Waals surface area contributed by atoms with Gasteiger partial charge in [0.1, 0.15) is 0 Å². The van der Waals surface area contributed by atoms with Crippen LogP contribution in [0.15, 0.2) is 36.4 Å². The monoisotopic (exact) mass is 422 g/mol. The lowest BCUT2D eigenvalue weighted by atomic mass is 10.0. The zero-order valence-electron chi connectivity index (χ0n) is 18.3. The van der Waals surface area contributed by atoms with E-state index in [2.05, 4.69) is 10.2 Å². The number of likely N-dealkylation sites (N-methyl/N-ethyl adjacent to an activating group) is 1. The van der Waals surface area contributed by atoms with Gasteiger partial charge < -0.3 is 15.1 Å². The van der Waals surface area contributed by atoms with E-state index in [4.69, 9.17) is 0 Å². The molecule has 0 aromatic heterocycles. The summed E-state index contributed by atoms with van der Waals surface area (Å²) in [6.45, 7) is 3.00. The van der Waals surface area contributed by atoms with Gasteiger partial charge in [0.25, 0.3) is 5.91 Å². The largest absolute Gasteiger partial charge is 0.348 e. The molecule has 1 aliphatic carbocycles. The molecule has 0 radical (unpaired) electrons. The van der Waals surface area contributed by atoms with Gasteiger partial charge in [0.05, 0.1) is 17.8 Å². The highest BCUT2D eigenvalue weighted by atomic mass is 16.2. The topological polar surface area (TPSA) is 73.0 Å². The smallest absolute Gasteiger partial charge is 0.256 e. The fourth-order valence-electron chi connectivity index (χ4n) is 3.94. The zero-order chi connectivity index (χ0) is 22.0. The maximum atomic E-state index is 13.5. The first-order chi connectivity index (χ1) is 14.9. The molecule has 7 nitrogen and oxygen atoms in total. The van der Waals surface area contributed by atoms with Crippen LogP contribution in [0.2, 0.25) is 0 Å². The van der Waals surface area contributed by atoms with Crippen LogP contribution in [0.4, 0.5) is 5.69 Å². The number of rotatable bonds is 5. The van der Waals surface area contributed by atoms with Gasteiger partial charge in [-0.3, -0.25) is 19.3 Å². The first-order valence-corrected chi connectivity index (χ1v) is 11.0. The maximum absolute atomic E-state index is 13.5. The number of nitrogens with zero attached hydrogens (tertiary/aromatic N) is 3. The Morgan fingerprint density at radius 2 is 1.71 bits per heavy atom. The van der Waals surface area contributed by atoms with E-state index in [0.717, 1.165) is 36.6 Å². The fourth-order valence-corrected chi connectivity index (χ4v) is 3.94. The molecule has 7 heteroatoms. The van der Waals surface area contributed by atoms with Gasteiger partial charge in [0.2, 0.25) is 11.8 Å².